The molecule has 0 aliphatic carbocycles. The van der Waals surface area contributed by atoms with Crippen LogP contribution in [0.4, 0.5) is 11.5 Å². The van der Waals surface area contributed by atoms with E-state index in [2.05, 4.69) is 15.3 Å². The Bertz CT molecular complexity index is 876. The summed E-state index contributed by atoms with van der Waals surface area (Å²) in [6, 6.07) is 10.6. The van der Waals surface area contributed by atoms with Crippen LogP contribution in [0.25, 0.3) is 11.3 Å². The molecule has 0 aliphatic rings. The molecule has 6 nitrogen and oxygen atoms in total. The van der Waals surface area contributed by atoms with Gasteiger partial charge < -0.3 is 14.6 Å². The number of nitrogens with zero attached hydrogens (tertiary/aromatic N) is 3. The maximum Gasteiger partial charge on any atom is 0.291 e. The van der Waals surface area contributed by atoms with E-state index in [1.165, 1.54) is 12.5 Å². The largest absolute Gasteiger partial charge is 0.451 e. The summed E-state index contributed by atoms with van der Waals surface area (Å²) in [7, 11) is 3.67. The second-order valence-electron chi connectivity index (χ2n) is 5.25. The van der Waals surface area contributed by atoms with Gasteiger partial charge in [0.05, 0.1) is 11.2 Å². The lowest BCUT2D eigenvalue weighted by Gasteiger charge is -2.15. The first kappa shape index (κ1) is 16.0. The van der Waals surface area contributed by atoms with Crippen LogP contribution < -0.4 is 10.2 Å². The molecule has 1 amide bonds. The highest BCUT2D eigenvalue weighted by atomic mass is 35.5. The zero-order valence-corrected chi connectivity index (χ0v) is 13.9. The molecule has 0 spiro atoms. The van der Waals surface area contributed by atoms with Gasteiger partial charge >= 0.3 is 0 Å². The number of amides is 1. The fourth-order valence-corrected chi connectivity index (χ4v) is 2.45. The van der Waals surface area contributed by atoms with Gasteiger partial charge in [-0.3, -0.25) is 4.79 Å². The number of rotatable bonds is 4. The molecule has 0 aliphatic heterocycles. The topological polar surface area (TPSA) is 71.3 Å². The summed E-state index contributed by atoms with van der Waals surface area (Å²) in [5.41, 5.74) is 1.23. The second kappa shape index (κ2) is 6.72. The van der Waals surface area contributed by atoms with E-state index in [1.54, 1.807) is 23.1 Å². The van der Waals surface area contributed by atoms with Crippen LogP contribution in [0.3, 0.4) is 0 Å². The highest BCUT2D eigenvalue weighted by Gasteiger charge is 2.16. The van der Waals surface area contributed by atoms with Gasteiger partial charge in [-0.2, -0.15) is 0 Å². The van der Waals surface area contributed by atoms with E-state index < -0.39 is 0 Å². The Labute approximate surface area is 144 Å². The van der Waals surface area contributed by atoms with Gasteiger partial charge in [0.15, 0.2) is 11.6 Å². The molecular weight excluding hydrogens is 328 g/mol. The number of hydrogen-bond acceptors (Lipinski definition) is 5. The van der Waals surface area contributed by atoms with E-state index in [0.717, 1.165) is 5.56 Å². The van der Waals surface area contributed by atoms with Crippen LogP contribution in [-0.2, 0) is 0 Å². The van der Waals surface area contributed by atoms with Gasteiger partial charge in [-0.05, 0) is 24.3 Å². The molecule has 0 saturated heterocycles. The van der Waals surface area contributed by atoms with Crippen molar-refractivity contribution in [2.75, 3.05) is 24.3 Å². The summed E-state index contributed by atoms with van der Waals surface area (Å²) in [4.78, 5) is 22.3. The molecule has 1 N–H and O–H groups in total. The van der Waals surface area contributed by atoms with Crippen LogP contribution in [-0.4, -0.2) is 30.0 Å². The summed E-state index contributed by atoms with van der Waals surface area (Å²) in [5.74, 6) is 0.934. The summed E-state index contributed by atoms with van der Waals surface area (Å²) >= 11 is 6.15. The van der Waals surface area contributed by atoms with Crippen molar-refractivity contribution < 1.29 is 9.21 Å². The van der Waals surface area contributed by atoms with Crippen LogP contribution in [0.1, 0.15) is 10.6 Å². The molecule has 0 atom stereocenters. The number of hydrogen-bond donors (Lipinski definition) is 1. The average Bonchev–Trinajstić information content (AvgIpc) is 3.05. The molecule has 0 radical (unpaired) electrons. The van der Waals surface area contributed by atoms with Crippen molar-refractivity contribution in [2.45, 2.75) is 0 Å². The van der Waals surface area contributed by atoms with Crippen molar-refractivity contribution in [3.63, 3.8) is 0 Å². The molecule has 0 unspecified atom stereocenters. The van der Waals surface area contributed by atoms with E-state index in [-0.39, 0.29) is 11.7 Å². The van der Waals surface area contributed by atoms with Gasteiger partial charge in [0.25, 0.3) is 5.91 Å². The average molecular weight is 343 g/mol. The number of halogens is 1. The third kappa shape index (κ3) is 3.23. The monoisotopic (exact) mass is 342 g/mol. The smallest absolute Gasteiger partial charge is 0.291 e. The Morgan fingerprint density at radius 2 is 2.00 bits per heavy atom. The molecule has 7 heteroatoms. The standard InChI is InChI=1S/C17H15ClN4O2/c1-22(2)16-13(9-19-10-20-16)21-17(23)15-8-7-14(24-15)11-5-3-4-6-12(11)18/h3-10H,1-2H3,(H,21,23). The maximum absolute atomic E-state index is 12.4. The zero-order valence-electron chi connectivity index (χ0n) is 13.2. The van der Waals surface area contributed by atoms with Crippen LogP contribution >= 0.6 is 11.6 Å². The first-order chi connectivity index (χ1) is 11.6. The summed E-state index contributed by atoms with van der Waals surface area (Å²) in [5, 5.41) is 3.32. The summed E-state index contributed by atoms with van der Waals surface area (Å²) in [6.07, 6.45) is 2.96. The van der Waals surface area contributed by atoms with Crippen LogP contribution in [0, 0.1) is 0 Å². The molecule has 0 saturated carbocycles. The molecule has 0 fully saturated rings. The van der Waals surface area contributed by atoms with Crippen LogP contribution in [0.2, 0.25) is 5.02 Å². The Hall–Kier alpha value is -2.86. The van der Waals surface area contributed by atoms with Crippen molar-refractivity contribution in [1.82, 2.24) is 9.97 Å². The number of carbonyl (C=O) groups is 1. The third-order valence-corrected chi connectivity index (χ3v) is 3.66. The fourth-order valence-electron chi connectivity index (χ4n) is 2.22. The predicted octanol–water partition coefficient (Wildman–Crippen LogP) is 3.71. The zero-order chi connectivity index (χ0) is 17.1. The minimum Gasteiger partial charge on any atom is -0.451 e. The summed E-state index contributed by atoms with van der Waals surface area (Å²) < 4.78 is 5.63. The van der Waals surface area contributed by atoms with Crippen molar-refractivity contribution in [3.8, 4) is 11.3 Å². The van der Waals surface area contributed by atoms with E-state index in [1.807, 2.05) is 32.3 Å². The van der Waals surface area contributed by atoms with Crippen molar-refractivity contribution >= 4 is 29.0 Å². The number of carbonyl (C=O) groups excluding carboxylic acids is 1. The Balaban J connectivity index is 1.84. The Kier molecular flexibility index (Phi) is 4.48. The number of furan rings is 1. The van der Waals surface area contributed by atoms with Gasteiger partial charge in [0.2, 0.25) is 0 Å². The van der Waals surface area contributed by atoms with E-state index >= 15 is 0 Å². The lowest BCUT2D eigenvalue weighted by molar-refractivity contribution is 0.0997. The first-order valence-corrected chi connectivity index (χ1v) is 7.57. The van der Waals surface area contributed by atoms with Gasteiger partial charge in [-0.25, -0.2) is 9.97 Å². The second-order valence-corrected chi connectivity index (χ2v) is 5.66. The van der Waals surface area contributed by atoms with Crippen molar-refractivity contribution in [1.29, 1.82) is 0 Å². The molecule has 1 aromatic carbocycles. The number of aromatic nitrogens is 2. The van der Waals surface area contributed by atoms with E-state index in [4.69, 9.17) is 16.0 Å². The predicted molar refractivity (Wildman–Crippen MR) is 93.5 cm³/mol. The molecule has 0 bridgehead atoms. The van der Waals surface area contributed by atoms with Gasteiger partial charge in [0, 0.05) is 19.7 Å². The fraction of sp³-hybridized carbons (Fsp3) is 0.118. The molecule has 3 rings (SSSR count). The minimum atomic E-state index is -0.383. The van der Waals surface area contributed by atoms with E-state index in [0.29, 0.717) is 22.3 Å². The third-order valence-electron chi connectivity index (χ3n) is 3.33. The molecule has 3 aromatic rings. The Morgan fingerprint density at radius 1 is 1.21 bits per heavy atom. The SMILES string of the molecule is CN(C)c1ncncc1NC(=O)c1ccc(-c2ccccc2Cl)o1. The van der Waals surface area contributed by atoms with Gasteiger partial charge in [0.1, 0.15) is 17.8 Å². The van der Waals surface area contributed by atoms with E-state index in [9.17, 15) is 4.79 Å². The normalized spacial score (nSPS) is 10.5. The summed E-state index contributed by atoms with van der Waals surface area (Å²) in [6.45, 7) is 0. The van der Waals surface area contributed by atoms with Crippen LogP contribution in [0.15, 0.2) is 53.3 Å². The van der Waals surface area contributed by atoms with Crippen molar-refractivity contribution in [2.24, 2.45) is 0 Å². The number of nitrogens with one attached hydrogen (secondary N) is 1. The highest BCUT2D eigenvalue weighted by molar-refractivity contribution is 6.33. The van der Waals surface area contributed by atoms with Gasteiger partial charge in [-0.15, -0.1) is 0 Å². The van der Waals surface area contributed by atoms with Crippen LogP contribution in [0.5, 0.6) is 0 Å². The molecule has 24 heavy (non-hydrogen) atoms. The molecule has 2 aromatic heterocycles. The Morgan fingerprint density at radius 3 is 2.75 bits per heavy atom. The quantitative estimate of drug-likeness (QED) is 0.782. The molecule has 122 valence electrons. The maximum atomic E-state index is 12.4. The molecular formula is C17H15ClN4O2. The highest BCUT2D eigenvalue weighted by Crippen LogP contribution is 2.29. The lowest BCUT2D eigenvalue weighted by Crippen LogP contribution is -2.17. The molecule has 2 heterocycles. The number of anilines is 2. The van der Waals surface area contributed by atoms with Crippen molar-refractivity contribution in [3.05, 3.63) is 59.7 Å². The lowest BCUT2D eigenvalue weighted by atomic mass is 10.2. The number of benzene rings is 1. The first-order valence-electron chi connectivity index (χ1n) is 7.19. The minimum absolute atomic E-state index is 0.179. The van der Waals surface area contributed by atoms with Gasteiger partial charge in [-0.1, -0.05) is 23.7 Å².